The van der Waals surface area contributed by atoms with Gasteiger partial charge < -0.3 is 15.0 Å². The predicted octanol–water partition coefficient (Wildman–Crippen LogP) is 3.28. The third-order valence-corrected chi connectivity index (χ3v) is 3.63. The van der Waals surface area contributed by atoms with Crippen molar-refractivity contribution < 1.29 is 14.3 Å². The lowest BCUT2D eigenvalue weighted by Gasteiger charge is -2.03. The number of amides is 1. The van der Waals surface area contributed by atoms with Crippen LogP contribution in [0.25, 0.3) is 10.9 Å². The van der Waals surface area contributed by atoms with Crippen molar-refractivity contribution in [1.29, 1.82) is 0 Å². The summed E-state index contributed by atoms with van der Waals surface area (Å²) in [6.45, 7) is 0.579. The van der Waals surface area contributed by atoms with Gasteiger partial charge >= 0.3 is 5.97 Å². The number of hydrogen-bond acceptors (Lipinski definition) is 3. The summed E-state index contributed by atoms with van der Waals surface area (Å²) < 4.78 is 4.57. The van der Waals surface area contributed by atoms with Crippen LogP contribution in [0.5, 0.6) is 0 Å². The van der Waals surface area contributed by atoms with Crippen molar-refractivity contribution in [2.75, 3.05) is 13.7 Å². The smallest absolute Gasteiger partial charge is 0.305 e. The highest BCUT2D eigenvalue weighted by atomic mass is 35.5. The van der Waals surface area contributed by atoms with Gasteiger partial charge in [-0.15, -0.1) is 0 Å². The van der Waals surface area contributed by atoms with Crippen molar-refractivity contribution >= 4 is 34.4 Å². The van der Waals surface area contributed by atoms with Crippen molar-refractivity contribution in [3.63, 3.8) is 0 Å². The fourth-order valence-electron chi connectivity index (χ4n) is 2.20. The van der Waals surface area contributed by atoms with Crippen LogP contribution in [-0.4, -0.2) is 30.5 Å². The van der Waals surface area contributed by atoms with Crippen molar-refractivity contribution in [2.45, 2.75) is 25.7 Å². The molecule has 22 heavy (non-hydrogen) atoms. The second-order valence-corrected chi connectivity index (χ2v) is 5.49. The van der Waals surface area contributed by atoms with Crippen LogP contribution in [0.15, 0.2) is 24.3 Å². The summed E-state index contributed by atoms with van der Waals surface area (Å²) in [4.78, 5) is 26.0. The third kappa shape index (κ3) is 4.49. The van der Waals surface area contributed by atoms with E-state index in [2.05, 4.69) is 15.0 Å². The van der Waals surface area contributed by atoms with E-state index in [1.165, 1.54) is 7.11 Å². The SMILES string of the molecule is COC(=O)CCCCCNC(=O)c1cc2cc(Cl)ccc2[nH]1. The zero-order valence-electron chi connectivity index (χ0n) is 12.4. The number of ether oxygens (including phenoxy) is 1. The molecule has 1 heterocycles. The second kappa shape index (κ2) is 7.84. The number of carbonyl (C=O) groups is 2. The molecule has 2 aromatic rings. The number of carbonyl (C=O) groups excluding carboxylic acids is 2. The molecular weight excluding hydrogens is 304 g/mol. The van der Waals surface area contributed by atoms with Crippen molar-refractivity contribution in [2.24, 2.45) is 0 Å². The number of aromatic amines is 1. The summed E-state index contributed by atoms with van der Waals surface area (Å²) in [5.41, 5.74) is 1.40. The first-order valence-corrected chi connectivity index (χ1v) is 7.61. The topological polar surface area (TPSA) is 71.2 Å². The van der Waals surface area contributed by atoms with Gasteiger partial charge in [0.15, 0.2) is 0 Å². The molecule has 0 unspecified atom stereocenters. The number of H-pyrrole nitrogens is 1. The van der Waals surface area contributed by atoms with Crippen LogP contribution >= 0.6 is 11.6 Å². The first-order chi connectivity index (χ1) is 10.6. The maximum absolute atomic E-state index is 12.0. The number of fused-ring (bicyclic) bond motifs is 1. The van der Waals surface area contributed by atoms with E-state index in [-0.39, 0.29) is 11.9 Å². The van der Waals surface area contributed by atoms with Crippen LogP contribution in [0, 0.1) is 0 Å². The van der Waals surface area contributed by atoms with Gasteiger partial charge in [-0.3, -0.25) is 9.59 Å². The Morgan fingerprint density at radius 2 is 2.05 bits per heavy atom. The average molecular weight is 323 g/mol. The van der Waals surface area contributed by atoms with Gasteiger partial charge in [-0.1, -0.05) is 18.0 Å². The third-order valence-electron chi connectivity index (χ3n) is 3.40. The molecule has 1 aromatic carbocycles. The Labute approximate surface area is 134 Å². The normalized spacial score (nSPS) is 10.6. The number of unbranched alkanes of at least 4 members (excludes halogenated alkanes) is 2. The molecule has 118 valence electrons. The van der Waals surface area contributed by atoms with Crippen LogP contribution in [0.4, 0.5) is 0 Å². The molecule has 0 aliphatic carbocycles. The van der Waals surface area contributed by atoms with Gasteiger partial charge in [0.25, 0.3) is 5.91 Å². The molecule has 0 saturated carbocycles. The van der Waals surface area contributed by atoms with Crippen molar-refractivity contribution in [3.8, 4) is 0 Å². The van der Waals surface area contributed by atoms with Crippen molar-refractivity contribution in [3.05, 3.63) is 35.0 Å². The molecule has 2 N–H and O–H groups in total. The lowest BCUT2D eigenvalue weighted by atomic mass is 10.2. The van der Waals surface area contributed by atoms with E-state index >= 15 is 0 Å². The molecule has 0 fully saturated rings. The number of benzene rings is 1. The van der Waals surface area contributed by atoms with Crippen LogP contribution in [0.2, 0.25) is 5.02 Å². The largest absolute Gasteiger partial charge is 0.469 e. The Morgan fingerprint density at radius 1 is 1.23 bits per heavy atom. The van der Waals surface area contributed by atoms with E-state index in [1.54, 1.807) is 12.1 Å². The van der Waals surface area contributed by atoms with Crippen LogP contribution < -0.4 is 5.32 Å². The summed E-state index contributed by atoms with van der Waals surface area (Å²) in [5.74, 6) is -0.332. The Morgan fingerprint density at radius 3 is 2.82 bits per heavy atom. The maximum Gasteiger partial charge on any atom is 0.305 e. The standard InChI is InChI=1S/C16H19ClN2O3/c1-22-15(20)5-3-2-4-8-18-16(21)14-10-11-9-12(17)6-7-13(11)19-14/h6-7,9-10,19H,2-5,8H2,1H3,(H,18,21). The van der Waals surface area contributed by atoms with Gasteiger partial charge in [0.1, 0.15) is 5.69 Å². The minimum atomic E-state index is -0.194. The predicted molar refractivity (Wildman–Crippen MR) is 86.1 cm³/mol. The zero-order valence-corrected chi connectivity index (χ0v) is 13.2. The summed E-state index contributed by atoms with van der Waals surface area (Å²) in [6.07, 6.45) is 2.90. The van der Waals surface area contributed by atoms with E-state index in [0.717, 1.165) is 30.2 Å². The number of halogens is 1. The van der Waals surface area contributed by atoms with E-state index in [4.69, 9.17) is 11.6 Å². The molecule has 0 aliphatic rings. The number of methoxy groups -OCH3 is 1. The molecule has 1 amide bonds. The van der Waals surface area contributed by atoms with Gasteiger partial charge in [0, 0.05) is 28.9 Å². The Balaban J connectivity index is 1.75. The molecule has 0 bridgehead atoms. The fourth-order valence-corrected chi connectivity index (χ4v) is 2.38. The van der Waals surface area contributed by atoms with Gasteiger partial charge in [-0.05, 0) is 37.1 Å². The first-order valence-electron chi connectivity index (χ1n) is 7.23. The van der Waals surface area contributed by atoms with E-state index in [0.29, 0.717) is 23.7 Å². The molecule has 0 aliphatic heterocycles. The molecule has 1 aromatic heterocycles. The molecule has 0 atom stereocenters. The minimum absolute atomic E-state index is 0.139. The summed E-state index contributed by atoms with van der Waals surface area (Å²) >= 11 is 5.92. The van der Waals surface area contributed by atoms with Gasteiger partial charge in [-0.25, -0.2) is 0 Å². The van der Waals surface area contributed by atoms with Gasteiger partial charge in [0.2, 0.25) is 0 Å². The van der Waals surface area contributed by atoms with E-state index in [1.807, 2.05) is 12.1 Å². The molecule has 0 saturated heterocycles. The first kappa shape index (κ1) is 16.4. The number of esters is 1. The lowest BCUT2D eigenvalue weighted by Crippen LogP contribution is -2.24. The highest BCUT2D eigenvalue weighted by molar-refractivity contribution is 6.31. The fraction of sp³-hybridized carbons (Fsp3) is 0.375. The highest BCUT2D eigenvalue weighted by Gasteiger charge is 2.09. The van der Waals surface area contributed by atoms with E-state index in [9.17, 15) is 9.59 Å². The molecular formula is C16H19ClN2O3. The number of hydrogen-bond donors (Lipinski definition) is 2. The Bertz CT molecular complexity index is 666. The van der Waals surface area contributed by atoms with Gasteiger partial charge in [-0.2, -0.15) is 0 Å². The van der Waals surface area contributed by atoms with Crippen LogP contribution in [0.1, 0.15) is 36.2 Å². The average Bonchev–Trinajstić information content (AvgIpc) is 2.93. The lowest BCUT2D eigenvalue weighted by molar-refractivity contribution is -0.140. The highest BCUT2D eigenvalue weighted by Crippen LogP contribution is 2.20. The van der Waals surface area contributed by atoms with Crippen LogP contribution in [0.3, 0.4) is 0 Å². The monoisotopic (exact) mass is 322 g/mol. The molecule has 0 spiro atoms. The summed E-state index contributed by atoms with van der Waals surface area (Å²) in [7, 11) is 1.38. The Hall–Kier alpha value is -2.01. The summed E-state index contributed by atoms with van der Waals surface area (Å²) in [6, 6.07) is 7.23. The molecule has 0 radical (unpaired) electrons. The molecule has 2 rings (SSSR count). The van der Waals surface area contributed by atoms with E-state index < -0.39 is 0 Å². The summed E-state index contributed by atoms with van der Waals surface area (Å²) in [5, 5.41) is 4.41. The van der Waals surface area contributed by atoms with Gasteiger partial charge in [0.05, 0.1) is 7.11 Å². The Kier molecular flexibility index (Phi) is 5.83. The quantitative estimate of drug-likeness (QED) is 0.607. The van der Waals surface area contributed by atoms with Crippen LogP contribution in [-0.2, 0) is 9.53 Å². The molecule has 5 nitrogen and oxygen atoms in total. The minimum Gasteiger partial charge on any atom is -0.469 e. The zero-order chi connectivity index (χ0) is 15.9. The molecule has 6 heteroatoms. The number of rotatable bonds is 7. The second-order valence-electron chi connectivity index (χ2n) is 5.06. The maximum atomic E-state index is 12.0. The number of aromatic nitrogens is 1. The number of nitrogens with one attached hydrogen (secondary N) is 2. The van der Waals surface area contributed by atoms with Crippen molar-refractivity contribution in [1.82, 2.24) is 10.3 Å².